The average Bonchev–Trinajstić information content (AvgIpc) is 2.12. The Morgan fingerprint density at radius 2 is 1.71 bits per heavy atom. The van der Waals surface area contributed by atoms with Crippen LogP contribution in [0, 0.1) is 5.41 Å². The van der Waals surface area contributed by atoms with Crippen molar-refractivity contribution in [2.75, 3.05) is 13.2 Å². The summed E-state index contributed by atoms with van der Waals surface area (Å²) in [6.07, 6.45) is 5.86. The van der Waals surface area contributed by atoms with E-state index < -0.39 is 0 Å². The van der Waals surface area contributed by atoms with E-state index >= 15 is 0 Å². The van der Waals surface area contributed by atoms with E-state index in [0.29, 0.717) is 5.41 Å². The first kappa shape index (κ1) is 12.0. The molecule has 0 aromatic rings. The summed E-state index contributed by atoms with van der Waals surface area (Å²) in [5, 5.41) is 0. The lowest BCUT2D eigenvalue weighted by Gasteiger charge is -2.41. The highest BCUT2D eigenvalue weighted by atomic mass is 16.5. The highest BCUT2D eigenvalue weighted by Gasteiger charge is 2.34. The van der Waals surface area contributed by atoms with E-state index in [9.17, 15) is 0 Å². The number of nitrogens with two attached hydrogens (primary N) is 1. The molecule has 0 unspecified atom stereocenters. The van der Waals surface area contributed by atoms with Crippen LogP contribution in [0.25, 0.3) is 0 Å². The molecular weight excluding hydrogens is 174 g/mol. The topological polar surface area (TPSA) is 35.2 Å². The molecule has 1 rings (SSSR count). The van der Waals surface area contributed by atoms with Crippen molar-refractivity contribution in [3.05, 3.63) is 0 Å². The minimum atomic E-state index is 0.0602. The normalized spacial score (nSPS) is 24.9. The maximum atomic E-state index is 6.34. The molecule has 1 aliphatic carbocycles. The summed E-state index contributed by atoms with van der Waals surface area (Å²) in [5.41, 5.74) is 6.91. The zero-order valence-corrected chi connectivity index (χ0v) is 9.94. The minimum absolute atomic E-state index is 0.0602. The highest BCUT2D eigenvalue weighted by molar-refractivity contribution is 4.92. The van der Waals surface area contributed by atoms with Gasteiger partial charge in [0.15, 0.2) is 0 Å². The molecule has 2 nitrogen and oxygen atoms in total. The second-order valence-corrected chi connectivity index (χ2v) is 5.47. The van der Waals surface area contributed by atoms with E-state index in [-0.39, 0.29) is 5.54 Å². The molecule has 84 valence electrons. The first-order valence-electron chi connectivity index (χ1n) is 5.84. The van der Waals surface area contributed by atoms with Crippen LogP contribution in [0.3, 0.4) is 0 Å². The van der Waals surface area contributed by atoms with Crippen molar-refractivity contribution in [1.29, 1.82) is 0 Å². The smallest absolute Gasteiger partial charge is 0.0483 e. The Kier molecular flexibility index (Phi) is 3.96. The predicted octanol–water partition coefficient (Wildman–Crippen LogP) is 2.71. The molecule has 0 aliphatic heterocycles. The lowest BCUT2D eigenvalue weighted by molar-refractivity contribution is 0.0945. The molecule has 0 saturated heterocycles. The first-order chi connectivity index (χ1) is 6.47. The van der Waals surface area contributed by atoms with Crippen molar-refractivity contribution in [1.82, 2.24) is 0 Å². The van der Waals surface area contributed by atoms with Crippen molar-refractivity contribution in [2.45, 2.75) is 58.4 Å². The summed E-state index contributed by atoms with van der Waals surface area (Å²) in [6, 6.07) is 0. The summed E-state index contributed by atoms with van der Waals surface area (Å²) >= 11 is 0. The van der Waals surface area contributed by atoms with Crippen LogP contribution in [0.15, 0.2) is 0 Å². The van der Waals surface area contributed by atoms with E-state index in [1.807, 2.05) is 6.92 Å². The molecule has 0 heterocycles. The van der Waals surface area contributed by atoms with Crippen LogP contribution in [0.4, 0.5) is 0 Å². The lowest BCUT2D eigenvalue weighted by Crippen LogP contribution is -2.45. The van der Waals surface area contributed by atoms with Crippen molar-refractivity contribution < 1.29 is 4.74 Å². The van der Waals surface area contributed by atoms with E-state index in [2.05, 4.69) is 13.8 Å². The molecular formula is C12H25NO. The van der Waals surface area contributed by atoms with Crippen LogP contribution in [-0.2, 0) is 4.74 Å². The SMILES string of the molecule is CCOCCC1(N)CCC(C)(C)CC1. The van der Waals surface area contributed by atoms with Crippen LogP contribution in [-0.4, -0.2) is 18.8 Å². The Hall–Kier alpha value is -0.0800. The van der Waals surface area contributed by atoms with Crippen LogP contribution >= 0.6 is 0 Å². The maximum absolute atomic E-state index is 6.34. The van der Waals surface area contributed by atoms with Gasteiger partial charge in [-0.05, 0) is 44.4 Å². The van der Waals surface area contributed by atoms with Crippen LogP contribution < -0.4 is 5.73 Å². The Balaban J connectivity index is 2.30. The van der Waals surface area contributed by atoms with E-state index in [1.54, 1.807) is 0 Å². The number of hydrogen-bond donors (Lipinski definition) is 1. The molecule has 0 aromatic carbocycles. The summed E-state index contributed by atoms with van der Waals surface area (Å²) in [5.74, 6) is 0. The van der Waals surface area contributed by atoms with Gasteiger partial charge in [-0.3, -0.25) is 0 Å². The summed E-state index contributed by atoms with van der Waals surface area (Å²) in [6.45, 7) is 8.35. The van der Waals surface area contributed by atoms with Crippen LogP contribution in [0.2, 0.25) is 0 Å². The highest BCUT2D eigenvalue weighted by Crippen LogP contribution is 2.40. The summed E-state index contributed by atoms with van der Waals surface area (Å²) in [7, 11) is 0. The van der Waals surface area contributed by atoms with E-state index in [4.69, 9.17) is 10.5 Å². The number of hydrogen-bond acceptors (Lipinski definition) is 2. The monoisotopic (exact) mass is 199 g/mol. The third-order valence-electron chi connectivity index (χ3n) is 3.55. The summed E-state index contributed by atoms with van der Waals surface area (Å²) in [4.78, 5) is 0. The standard InChI is InChI=1S/C12H25NO/c1-4-14-10-9-12(13)7-5-11(2,3)6-8-12/h4-10,13H2,1-3H3. The fraction of sp³-hybridized carbons (Fsp3) is 1.00. The molecule has 14 heavy (non-hydrogen) atoms. The third-order valence-corrected chi connectivity index (χ3v) is 3.55. The van der Waals surface area contributed by atoms with Gasteiger partial charge in [-0.1, -0.05) is 13.8 Å². The van der Waals surface area contributed by atoms with Gasteiger partial charge in [-0.25, -0.2) is 0 Å². The van der Waals surface area contributed by atoms with E-state index in [0.717, 1.165) is 32.5 Å². The third kappa shape index (κ3) is 3.58. The second-order valence-electron chi connectivity index (χ2n) is 5.47. The zero-order chi connectivity index (χ0) is 10.7. The molecule has 0 radical (unpaired) electrons. The Morgan fingerprint density at radius 3 is 2.21 bits per heavy atom. The van der Waals surface area contributed by atoms with Crippen LogP contribution in [0.1, 0.15) is 52.9 Å². The second kappa shape index (κ2) is 4.63. The predicted molar refractivity (Wildman–Crippen MR) is 60.3 cm³/mol. The van der Waals surface area contributed by atoms with Gasteiger partial charge in [0, 0.05) is 18.8 Å². The van der Waals surface area contributed by atoms with Crippen molar-refractivity contribution >= 4 is 0 Å². The fourth-order valence-corrected chi connectivity index (χ4v) is 2.09. The van der Waals surface area contributed by atoms with Gasteiger partial charge >= 0.3 is 0 Å². The Bertz CT molecular complexity index is 167. The Labute approximate surface area is 88.2 Å². The van der Waals surface area contributed by atoms with Gasteiger partial charge < -0.3 is 10.5 Å². The van der Waals surface area contributed by atoms with E-state index in [1.165, 1.54) is 12.8 Å². The molecule has 1 saturated carbocycles. The van der Waals surface area contributed by atoms with Gasteiger partial charge in [0.05, 0.1) is 0 Å². The molecule has 2 heteroatoms. The van der Waals surface area contributed by atoms with Gasteiger partial charge in [0.2, 0.25) is 0 Å². The number of ether oxygens (including phenoxy) is 1. The maximum Gasteiger partial charge on any atom is 0.0483 e. The van der Waals surface area contributed by atoms with Crippen molar-refractivity contribution in [3.63, 3.8) is 0 Å². The quantitative estimate of drug-likeness (QED) is 0.707. The van der Waals surface area contributed by atoms with Crippen LogP contribution in [0.5, 0.6) is 0 Å². The van der Waals surface area contributed by atoms with Gasteiger partial charge in [0.25, 0.3) is 0 Å². The first-order valence-corrected chi connectivity index (χ1v) is 5.84. The van der Waals surface area contributed by atoms with Gasteiger partial charge in [-0.15, -0.1) is 0 Å². The molecule has 0 atom stereocenters. The minimum Gasteiger partial charge on any atom is -0.382 e. The molecule has 2 N–H and O–H groups in total. The summed E-state index contributed by atoms with van der Waals surface area (Å²) < 4.78 is 5.37. The molecule has 0 spiro atoms. The molecule has 0 aromatic heterocycles. The fourth-order valence-electron chi connectivity index (χ4n) is 2.09. The average molecular weight is 199 g/mol. The van der Waals surface area contributed by atoms with Crippen molar-refractivity contribution in [3.8, 4) is 0 Å². The molecule has 1 aliphatic rings. The molecule has 0 amide bonds. The molecule has 0 bridgehead atoms. The Morgan fingerprint density at radius 1 is 1.14 bits per heavy atom. The zero-order valence-electron chi connectivity index (χ0n) is 9.94. The largest absolute Gasteiger partial charge is 0.382 e. The molecule has 1 fully saturated rings. The van der Waals surface area contributed by atoms with Gasteiger partial charge in [0.1, 0.15) is 0 Å². The lowest BCUT2D eigenvalue weighted by atomic mass is 9.69. The van der Waals surface area contributed by atoms with Gasteiger partial charge in [-0.2, -0.15) is 0 Å². The number of rotatable bonds is 4. The van der Waals surface area contributed by atoms with Crippen molar-refractivity contribution in [2.24, 2.45) is 11.1 Å².